The average molecular weight is 392 g/mol. The number of aromatic nitrogens is 3. The number of primary amides is 1. The van der Waals surface area contributed by atoms with Gasteiger partial charge in [0, 0.05) is 23.3 Å². The summed E-state index contributed by atoms with van der Waals surface area (Å²) < 4.78 is 18.1. The number of anilines is 1. The van der Waals surface area contributed by atoms with Gasteiger partial charge in [-0.25, -0.2) is 9.18 Å². The molecule has 0 saturated heterocycles. The van der Waals surface area contributed by atoms with Gasteiger partial charge in [-0.3, -0.25) is 9.78 Å². The zero-order valence-electron chi connectivity index (χ0n) is 14.8. The Labute approximate surface area is 163 Å². The highest BCUT2D eigenvalue weighted by Gasteiger charge is 2.43. The van der Waals surface area contributed by atoms with Gasteiger partial charge in [0.15, 0.2) is 11.6 Å². The number of ether oxygens (including phenoxy) is 1. The Morgan fingerprint density at radius 3 is 2.79 bits per heavy atom. The van der Waals surface area contributed by atoms with Crippen LogP contribution in [-0.4, -0.2) is 33.4 Å². The smallest absolute Gasteiger partial charge is 0.408 e. The quantitative estimate of drug-likeness (QED) is 0.693. The van der Waals surface area contributed by atoms with Crippen molar-refractivity contribution in [2.45, 2.75) is 12.6 Å². The number of hydrogen-bond acceptors (Lipinski definition) is 7. The minimum atomic E-state index is -1.14. The molecule has 3 N–H and O–H groups in total. The molecule has 1 aromatic carbocycles. The van der Waals surface area contributed by atoms with Gasteiger partial charge in [0.25, 0.3) is 0 Å². The van der Waals surface area contributed by atoms with Crippen molar-refractivity contribution in [3.63, 3.8) is 0 Å². The second-order valence-electron chi connectivity index (χ2n) is 6.44. The molecule has 2 aromatic heterocycles. The molecule has 144 valence electrons. The molecule has 2 heterocycles. The molecule has 2 atom stereocenters. The van der Waals surface area contributed by atoms with E-state index in [1.807, 2.05) is 0 Å². The van der Waals surface area contributed by atoms with E-state index in [0.29, 0.717) is 22.1 Å². The van der Waals surface area contributed by atoms with Crippen molar-refractivity contribution in [2.75, 3.05) is 5.32 Å². The van der Waals surface area contributed by atoms with E-state index >= 15 is 0 Å². The van der Waals surface area contributed by atoms with E-state index in [1.54, 1.807) is 12.1 Å². The van der Waals surface area contributed by atoms with E-state index in [1.165, 1.54) is 24.5 Å². The van der Waals surface area contributed by atoms with Crippen LogP contribution in [0.1, 0.15) is 12.0 Å². The van der Waals surface area contributed by atoms with Gasteiger partial charge in [-0.1, -0.05) is 0 Å². The molecular weight excluding hydrogens is 379 g/mol. The number of carbonyl (C=O) groups excluding carboxylic acids is 2. The van der Waals surface area contributed by atoms with Crippen LogP contribution in [0.4, 0.5) is 15.0 Å². The zero-order chi connectivity index (χ0) is 20.5. The standard InChI is InChI=1S/C19H13FN6O3/c20-14-6-12(14)18(27)24-16-5-11-3-10(13-8-23-2-1-9(13)7-21)4-15(29-19(22)28)17(11)26-25-16/h1-5,8,12,14H,6H2,(H2,22,28)(H,24,25,27). The van der Waals surface area contributed by atoms with Gasteiger partial charge in [-0.2, -0.15) is 5.26 Å². The van der Waals surface area contributed by atoms with Crippen molar-refractivity contribution in [1.82, 2.24) is 15.2 Å². The molecule has 0 radical (unpaired) electrons. The number of fused-ring (bicyclic) bond motifs is 1. The monoisotopic (exact) mass is 392 g/mol. The Bertz CT molecular complexity index is 1190. The number of pyridine rings is 1. The van der Waals surface area contributed by atoms with E-state index in [0.717, 1.165) is 0 Å². The summed E-state index contributed by atoms with van der Waals surface area (Å²) in [5, 5.41) is 20.2. The van der Waals surface area contributed by atoms with E-state index < -0.39 is 24.1 Å². The predicted molar refractivity (Wildman–Crippen MR) is 99.3 cm³/mol. The minimum absolute atomic E-state index is 0.0362. The molecule has 1 saturated carbocycles. The van der Waals surface area contributed by atoms with Crippen LogP contribution in [0.25, 0.3) is 22.0 Å². The van der Waals surface area contributed by atoms with Gasteiger partial charge in [0.05, 0.1) is 17.6 Å². The summed E-state index contributed by atoms with van der Waals surface area (Å²) in [6.07, 6.45) is 0.988. The number of halogens is 1. The first kappa shape index (κ1) is 18.2. The maximum absolute atomic E-state index is 13.1. The predicted octanol–water partition coefficient (Wildman–Crippen LogP) is 2.32. The van der Waals surface area contributed by atoms with Crippen LogP contribution >= 0.6 is 0 Å². The molecular formula is C19H13FN6O3. The highest BCUT2D eigenvalue weighted by molar-refractivity contribution is 5.97. The Balaban J connectivity index is 1.81. The van der Waals surface area contributed by atoms with Crippen LogP contribution in [0, 0.1) is 17.2 Å². The number of nitrogens with two attached hydrogens (primary N) is 1. The summed E-state index contributed by atoms with van der Waals surface area (Å²) in [5.74, 6) is -0.999. The summed E-state index contributed by atoms with van der Waals surface area (Å²) >= 11 is 0. The first-order valence-corrected chi connectivity index (χ1v) is 8.54. The second-order valence-corrected chi connectivity index (χ2v) is 6.44. The number of carbonyl (C=O) groups is 2. The van der Waals surface area contributed by atoms with E-state index in [9.17, 15) is 19.2 Å². The first-order valence-electron chi connectivity index (χ1n) is 8.54. The summed E-state index contributed by atoms with van der Waals surface area (Å²) in [6, 6.07) is 8.31. The molecule has 2 amide bonds. The van der Waals surface area contributed by atoms with Crippen LogP contribution in [0.2, 0.25) is 0 Å². The summed E-state index contributed by atoms with van der Waals surface area (Å²) in [7, 11) is 0. The number of benzene rings is 1. The molecule has 10 heteroatoms. The number of nitrogens with one attached hydrogen (secondary N) is 1. The fraction of sp³-hybridized carbons (Fsp3) is 0.158. The van der Waals surface area contributed by atoms with Gasteiger partial charge in [-0.05, 0) is 36.2 Å². The topological polar surface area (TPSA) is 144 Å². The van der Waals surface area contributed by atoms with E-state index in [-0.39, 0.29) is 23.5 Å². The largest absolute Gasteiger partial charge is 0.410 e. The Morgan fingerprint density at radius 1 is 1.31 bits per heavy atom. The second kappa shape index (κ2) is 7.12. The number of rotatable bonds is 4. The molecule has 0 spiro atoms. The van der Waals surface area contributed by atoms with Gasteiger partial charge in [-0.15, -0.1) is 10.2 Å². The molecule has 1 aliphatic rings. The van der Waals surface area contributed by atoms with Crippen molar-refractivity contribution in [3.8, 4) is 22.9 Å². The van der Waals surface area contributed by atoms with Gasteiger partial charge >= 0.3 is 6.09 Å². The summed E-state index contributed by atoms with van der Waals surface area (Å²) in [6.45, 7) is 0. The van der Waals surface area contributed by atoms with E-state index in [4.69, 9.17) is 10.5 Å². The molecule has 2 unspecified atom stereocenters. The highest BCUT2D eigenvalue weighted by atomic mass is 19.1. The van der Waals surface area contributed by atoms with Crippen molar-refractivity contribution in [1.29, 1.82) is 5.26 Å². The fourth-order valence-electron chi connectivity index (χ4n) is 2.91. The van der Waals surface area contributed by atoms with Gasteiger partial charge < -0.3 is 15.8 Å². The molecule has 4 rings (SSSR count). The third-order valence-corrected chi connectivity index (χ3v) is 4.42. The molecule has 0 aliphatic heterocycles. The highest BCUT2D eigenvalue weighted by Crippen LogP contribution is 2.36. The van der Waals surface area contributed by atoms with Crippen LogP contribution < -0.4 is 15.8 Å². The van der Waals surface area contributed by atoms with Crippen LogP contribution in [0.15, 0.2) is 36.7 Å². The number of nitrogens with zero attached hydrogens (tertiary/aromatic N) is 4. The minimum Gasteiger partial charge on any atom is -0.408 e. The van der Waals surface area contributed by atoms with Gasteiger partial charge in [0.1, 0.15) is 11.7 Å². The molecule has 0 bridgehead atoms. The number of hydrogen-bond donors (Lipinski definition) is 2. The third-order valence-electron chi connectivity index (χ3n) is 4.42. The Morgan fingerprint density at radius 2 is 2.10 bits per heavy atom. The van der Waals surface area contributed by atoms with Crippen molar-refractivity contribution in [2.24, 2.45) is 11.7 Å². The Kier molecular flexibility index (Phi) is 4.48. The molecule has 1 fully saturated rings. The molecule has 9 nitrogen and oxygen atoms in total. The summed E-state index contributed by atoms with van der Waals surface area (Å²) in [5.41, 5.74) is 6.76. The van der Waals surface area contributed by atoms with Crippen molar-refractivity contribution >= 4 is 28.7 Å². The SMILES string of the molecule is N#Cc1ccncc1-c1cc(OC(N)=O)c2nnc(NC(=O)C3CC3F)cc2c1. The lowest BCUT2D eigenvalue weighted by Crippen LogP contribution is -2.17. The normalized spacial score (nSPS) is 17.4. The maximum atomic E-state index is 13.1. The van der Waals surface area contributed by atoms with Crippen LogP contribution in [-0.2, 0) is 4.79 Å². The average Bonchev–Trinajstić information content (AvgIpc) is 3.44. The molecule has 3 aromatic rings. The lowest BCUT2D eigenvalue weighted by Gasteiger charge is -2.11. The lowest BCUT2D eigenvalue weighted by molar-refractivity contribution is -0.117. The van der Waals surface area contributed by atoms with Crippen LogP contribution in [0.3, 0.4) is 0 Å². The van der Waals surface area contributed by atoms with Crippen molar-refractivity contribution < 1.29 is 18.7 Å². The summed E-state index contributed by atoms with van der Waals surface area (Å²) in [4.78, 5) is 27.3. The number of nitriles is 1. The van der Waals surface area contributed by atoms with E-state index in [2.05, 4.69) is 26.6 Å². The van der Waals surface area contributed by atoms with Gasteiger partial charge in [0.2, 0.25) is 5.91 Å². The number of amides is 2. The third kappa shape index (κ3) is 3.66. The van der Waals surface area contributed by atoms with Crippen LogP contribution in [0.5, 0.6) is 5.75 Å². The molecule has 29 heavy (non-hydrogen) atoms. The Hall–Kier alpha value is -4.13. The first-order chi connectivity index (χ1) is 14.0. The molecule has 1 aliphatic carbocycles. The zero-order valence-corrected chi connectivity index (χ0v) is 14.8. The fourth-order valence-corrected chi connectivity index (χ4v) is 2.91. The maximum Gasteiger partial charge on any atom is 0.410 e. The lowest BCUT2D eigenvalue weighted by atomic mass is 10.0. The number of alkyl halides is 1. The van der Waals surface area contributed by atoms with Crippen molar-refractivity contribution in [3.05, 3.63) is 42.2 Å².